The maximum absolute atomic E-state index is 11.8. The molecule has 140 valence electrons. The largest absolute Gasteiger partial charge is 0.368 e. The summed E-state index contributed by atoms with van der Waals surface area (Å²) in [5, 5.41) is 8.93. The van der Waals surface area contributed by atoms with Crippen molar-refractivity contribution in [2.75, 3.05) is 19.6 Å². The third kappa shape index (κ3) is 9.90. The van der Waals surface area contributed by atoms with E-state index in [9.17, 15) is 9.59 Å². The number of nitrogens with two attached hydrogens (primary N) is 1. The SMILES string of the molecule is CCCCNC(=NCc1ccc(C(=O)NCC(N)=O)cc1)NCC.I. The zero-order valence-electron chi connectivity index (χ0n) is 14.8. The second kappa shape index (κ2) is 13.5. The summed E-state index contributed by atoms with van der Waals surface area (Å²) in [6.07, 6.45) is 2.23. The average molecular weight is 461 g/mol. The average Bonchev–Trinajstić information content (AvgIpc) is 2.58. The number of halogens is 1. The summed E-state index contributed by atoms with van der Waals surface area (Å²) in [6.45, 7) is 6.21. The number of hydrogen-bond acceptors (Lipinski definition) is 3. The Labute approximate surface area is 166 Å². The standard InChI is InChI=1S/C17H27N5O2.HI/c1-3-5-10-20-17(19-4-2)22-11-13-6-8-14(9-7-13)16(24)21-12-15(18)23;/h6-9H,3-5,10-12H2,1-2H3,(H2,18,23)(H,21,24)(H2,19,20,22);1H. The van der Waals surface area contributed by atoms with Gasteiger partial charge in [0.15, 0.2) is 5.96 Å². The molecule has 0 aliphatic heterocycles. The van der Waals surface area contributed by atoms with Gasteiger partial charge >= 0.3 is 0 Å². The molecule has 0 aliphatic carbocycles. The normalized spacial score (nSPS) is 10.6. The van der Waals surface area contributed by atoms with Crippen molar-refractivity contribution in [3.63, 3.8) is 0 Å². The Bertz CT molecular complexity index is 561. The molecule has 2 amide bonds. The fraction of sp³-hybridized carbons (Fsp3) is 0.471. The van der Waals surface area contributed by atoms with Crippen molar-refractivity contribution < 1.29 is 9.59 Å². The van der Waals surface area contributed by atoms with Crippen molar-refractivity contribution in [1.29, 1.82) is 0 Å². The maximum atomic E-state index is 11.8. The molecule has 0 fully saturated rings. The number of amides is 2. The predicted molar refractivity (Wildman–Crippen MR) is 111 cm³/mol. The minimum absolute atomic E-state index is 0. The summed E-state index contributed by atoms with van der Waals surface area (Å²) in [5.74, 6) is -0.103. The van der Waals surface area contributed by atoms with Crippen LogP contribution in [0.3, 0.4) is 0 Å². The number of benzene rings is 1. The molecule has 0 saturated heterocycles. The first-order valence-corrected chi connectivity index (χ1v) is 8.24. The van der Waals surface area contributed by atoms with Crippen LogP contribution in [0.1, 0.15) is 42.6 Å². The Kier molecular flexibility index (Phi) is 12.5. The summed E-state index contributed by atoms with van der Waals surface area (Å²) in [6, 6.07) is 7.10. The Morgan fingerprint density at radius 1 is 1.08 bits per heavy atom. The molecule has 25 heavy (non-hydrogen) atoms. The molecule has 0 aromatic heterocycles. The predicted octanol–water partition coefficient (Wildman–Crippen LogP) is 1.37. The Balaban J connectivity index is 0.00000576. The van der Waals surface area contributed by atoms with Crippen LogP contribution in [-0.4, -0.2) is 37.4 Å². The number of aliphatic imine (C=N–C) groups is 1. The molecule has 8 heteroatoms. The molecular formula is C17H28IN5O2. The van der Waals surface area contributed by atoms with Crippen molar-refractivity contribution in [3.8, 4) is 0 Å². The molecule has 1 rings (SSSR count). The van der Waals surface area contributed by atoms with Crippen molar-refractivity contribution in [2.45, 2.75) is 33.2 Å². The van der Waals surface area contributed by atoms with E-state index in [1.54, 1.807) is 12.1 Å². The van der Waals surface area contributed by atoms with E-state index in [0.717, 1.165) is 37.5 Å². The highest BCUT2D eigenvalue weighted by atomic mass is 127. The summed E-state index contributed by atoms with van der Waals surface area (Å²) in [4.78, 5) is 27.0. The van der Waals surface area contributed by atoms with Gasteiger partial charge in [-0.2, -0.15) is 0 Å². The molecule has 7 nitrogen and oxygen atoms in total. The van der Waals surface area contributed by atoms with Gasteiger partial charge in [-0.3, -0.25) is 9.59 Å². The number of guanidine groups is 1. The summed E-state index contributed by atoms with van der Waals surface area (Å²) in [7, 11) is 0. The molecule has 0 spiro atoms. The fourth-order valence-corrected chi connectivity index (χ4v) is 1.93. The van der Waals surface area contributed by atoms with E-state index in [0.29, 0.717) is 12.1 Å². The fourth-order valence-electron chi connectivity index (χ4n) is 1.93. The van der Waals surface area contributed by atoms with Crippen LogP contribution in [0.4, 0.5) is 0 Å². The van der Waals surface area contributed by atoms with Gasteiger partial charge < -0.3 is 21.7 Å². The van der Waals surface area contributed by atoms with Gasteiger partial charge in [0.05, 0.1) is 13.1 Å². The second-order valence-corrected chi connectivity index (χ2v) is 5.32. The van der Waals surface area contributed by atoms with Crippen LogP contribution in [-0.2, 0) is 11.3 Å². The molecule has 0 aliphatic rings. The molecule has 1 aromatic carbocycles. The lowest BCUT2D eigenvalue weighted by Crippen LogP contribution is -2.37. The monoisotopic (exact) mass is 461 g/mol. The molecule has 0 unspecified atom stereocenters. The van der Waals surface area contributed by atoms with Gasteiger partial charge in [0, 0.05) is 18.7 Å². The number of carbonyl (C=O) groups excluding carboxylic acids is 2. The molecular weight excluding hydrogens is 433 g/mol. The Morgan fingerprint density at radius 3 is 2.32 bits per heavy atom. The number of nitrogens with one attached hydrogen (secondary N) is 3. The quantitative estimate of drug-likeness (QED) is 0.193. The van der Waals surface area contributed by atoms with E-state index in [4.69, 9.17) is 5.73 Å². The summed E-state index contributed by atoms with van der Waals surface area (Å²) < 4.78 is 0. The minimum atomic E-state index is -0.569. The molecule has 5 N–H and O–H groups in total. The van der Waals surface area contributed by atoms with Crippen molar-refractivity contribution in [3.05, 3.63) is 35.4 Å². The highest BCUT2D eigenvalue weighted by Gasteiger charge is 2.06. The smallest absolute Gasteiger partial charge is 0.251 e. The zero-order chi connectivity index (χ0) is 17.8. The van der Waals surface area contributed by atoms with Crippen molar-refractivity contribution in [2.24, 2.45) is 10.7 Å². The third-order valence-electron chi connectivity index (χ3n) is 3.23. The number of nitrogens with zero attached hydrogens (tertiary/aromatic N) is 1. The lowest BCUT2D eigenvalue weighted by Gasteiger charge is -2.10. The highest BCUT2D eigenvalue weighted by molar-refractivity contribution is 14.0. The molecule has 0 atom stereocenters. The highest BCUT2D eigenvalue weighted by Crippen LogP contribution is 2.05. The van der Waals surface area contributed by atoms with Crippen LogP contribution in [0.15, 0.2) is 29.3 Å². The molecule has 0 saturated carbocycles. The Hall–Kier alpha value is -1.84. The molecule has 1 aromatic rings. The van der Waals surface area contributed by atoms with E-state index in [1.807, 2.05) is 19.1 Å². The van der Waals surface area contributed by atoms with Crippen LogP contribution in [0.25, 0.3) is 0 Å². The second-order valence-electron chi connectivity index (χ2n) is 5.32. The van der Waals surface area contributed by atoms with Gasteiger partial charge in [-0.15, -0.1) is 24.0 Å². The van der Waals surface area contributed by atoms with Gasteiger partial charge in [-0.25, -0.2) is 4.99 Å². The van der Waals surface area contributed by atoms with Crippen LogP contribution < -0.4 is 21.7 Å². The van der Waals surface area contributed by atoms with E-state index in [-0.39, 0.29) is 36.4 Å². The number of unbranched alkanes of at least 4 members (excludes halogenated alkanes) is 1. The third-order valence-corrected chi connectivity index (χ3v) is 3.23. The van der Waals surface area contributed by atoms with Crippen molar-refractivity contribution in [1.82, 2.24) is 16.0 Å². The van der Waals surface area contributed by atoms with Crippen LogP contribution in [0.5, 0.6) is 0 Å². The van der Waals surface area contributed by atoms with Crippen LogP contribution in [0.2, 0.25) is 0 Å². The number of rotatable bonds is 9. The zero-order valence-corrected chi connectivity index (χ0v) is 17.1. The molecule has 0 bridgehead atoms. The first-order valence-electron chi connectivity index (χ1n) is 8.24. The van der Waals surface area contributed by atoms with E-state index in [2.05, 4.69) is 27.9 Å². The maximum Gasteiger partial charge on any atom is 0.251 e. The van der Waals surface area contributed by atoms with Gasteiger partial charge in [0.2, 0.25) is 5.91 Å². The first-order chi connectivity index (χ1) is 11.6. The molecule has 0 radical (unpaired) electrons. The summed E-state index contributed by atoms with van der Waals surface area (Å²) in [5.41, 5.74) is 6.48. The first kappa shape index (κ1) is 23.2. The summed E-state index contributed by atoms with van der Waals surface area (Å²) >= 11 is 0. The van der Waals surface area contributed by atoms with Gasteiger partial charge in [-0.05, 0) is 31.0 Å². The minimum Gasteiger partial charge on any atom is -0.368 e. The van der Waals surface area contributed by atoms with Crippen LogP contribution in [0, 0.1) is 0 Å². The molecule has 0 heterocycles. The van der Waals surface area contributed by atoms with Crippen LogP contribution >= 0.6 is 24.0 Å². The van der Waals surface area contributed by atoms with E-state index < -0.39 is 5.91 Å². The van der Waals surface area contributed by atoms with Gasteiger partial charge in [0.1, 0.15) is 0 Å². The van der Waals surface area contributed by atoms with E-state index in [1.165, 1.54) is 0 Å². The lowest BCUT2D eigenvalue weighted by atomic mass is 10.1. The topological polar surface area (TPSA) is 109 Å². The van der Waals surface area contributed by atoms with Gasteiger partial charge in [-0.1, -0.05) is 25.5 Å². The lowest BCUT2D eigenvalue weighted by molar-refractivity contribution is -0.117. The Morgan fingerprint density at radius 2 is 1.76 bits per heavy atom. The number of carbonyl (C=O) groups is 2. The van der Waals surface area contributed by atoms with Crippen molar-refractivity contribution >= 4 is 41.8 Å². The van der Waals surface area contributed by atoms with E-state index >= 15 is 0 Å². The van der Waals surface area contributed by atoms with Gasteiger partial charge in [0.25, 0.3) is 5.91 Å². The number of hydrogen-bond donors (Lipinski definition) is 4. The number of primary amides is 1.